The van der Waals surface area contributed by atoms with Crippen molar-refractivity contribution >= 4 is 16.9 Å². The molecule has 1 atom stereocenters. The average molecular weight is 501 g/mol. The molecule has 1 aliphatic rings. The van der Waals surface area contributed by atoms with Gasteiger partial charge in [0.05, 0.1) is 19.1 Å². The predicted octanol–water partition coefficient (Wildman–Crippen LogP) is 3.54. The van der Waals surface area contributed by atoms with Gasteiger partial charge >= 0.3 is 5.97 Å². The SMILES string of the molecule is CCOC(=O)C1CCN([C@@H](c2cc3cc(C)c(C)cc3[nH]c2=O)c2nnnn2Cc2ccccc2)CC1. The molecule has 9 heteroatoms. The normalized spacial score (nSPS) is 15.6. The first-order valence-corrected chi connectivity index (χ1v) is 12.8. The van der Waals surface area contributed by atoms with E-state index in [4.69, 9.17) is 4.74 Å². The number of H-pyrrole nitrogens is 1. The second-order valence-electron chi connectivity index (χ2n) is 9.72. The Bertz CT molecular complexity index is 1450. The maximum atomic E-state index is 13.5. The number of hydrogen-bond donors (Lipinski definition) is 1. The van der Waals surface area contributed by atoms with E-state index in [9.17, 15) is 9.59 Å². The lowest BCUT2D eigenvalue weighted by molar-refractivity contribution is -0.149. The van der Waals surface area contributed by atoms with Crippen LogP contribution in [0.5, 0.6) is 0 Å². The number of nitrogens with one attached hydrogen (secondary N) is 1. The van der Waals surface area contributed by atoms with Crippen LogP contribution in [0.3, 0.4) is 0 Å². The lowest BCUT2D eigenvalue weighted by atomic mass is 9.93. The molecule has 192 valence electrons. The lowest BCUT2D eigenvalue weighted by Crippen LogP contribution is -2.42. The van der Waals surface area contributed by atoms with Crippen LogP contribution in [-0.2, 0) is 16.1 Å². The third-order valence-corrected chi connectivity index (χ3v) is 7.28. The van der Waals surface area contributed by atoms with Gasteiger partial charge in [-0.1, -0.05) is 30.3 Å². The average Bonchev–Trinajstić information content (AvgIpc) is 3.34. The molecule has 0 radical (unpaired) electrons. The summed E-state index contributed by atoms with van der Waals surface area (Å²) < 4.78 is 7.02. The molecule has 4 aromatic rings. The fourth-order valence-electron chi connectivity index (χ4n) is 5.13. The van der Waals surface area contributed by atoms with Crippen molar-refractivity contribution in [3.63, 3.8) is 0 Å². The summed E-state index contributed by atoms with van der Waals surface area (Å²) in [6.07, 6.45) is 1.30. The molecule has 9 nitrogen and oxygen atoms in total. The van der Waals surface area contributed by atoms with Crippen LogP contribution in [0.4, 0.5) is 0 Å². The molecule has 1 fully saturated rings. The minimum atomic E-state index is -0.461. The number of rotatable bonds is 7. The van der Waals surface area contributed by atoms with E-state index in [1.165, 1.54) is 0 Å². The maximum absolute atomic E-state index is 13.5. The molecule has 3 heterocycles. The summed E-state index contributed by atoms with van der Waals surface area (Å²) in [5.74, 6) is 0.312. The van der Waals surface area contributed by atoms with Gasteiger partial charge in [-0.05, 0) is 84.3 Å². The van der Waals surface area contributed by atoms with Crippen molar-refractivity contribution < 1.29 is 9.53 Å². The maximum Gasteiger partial charge on any atom is 0.309 e. The Hall–Kier alpha value is -3.85. The fourth-order valence-corrected chi connectivity index (χ4v) is 5.13. The van der Waals surface area contributed by atoms with Crippen molar-refractivity contribution in [2.75, 3.05) is 19.7 Å². The van der Waals surface area contributed by atoms with Gasteiger partial charge in [0.15, 0.2) is 5.82 Å². The number of benzene rings is 2. The van der Waals surface area contributed by atoms with Gasteiger partial charge in [-0.2, -0.15) is 0 Å². The van der Waals surface area contributed by atoms with E-state index in [2.05, 4.69) is 38.4 Å². The summed E-state index contributed by atoms with van der Waals surface area (Å²) in [6.45, 7) is 8.04. The van der Waals surface area contributed by atoms with Crippen LogP contribution in [0.25, 0.3) is 10.9 Å². The van der Waals surface area contributed by atoms with E-state index in [1.54, 1.807) is 4.68 Å². The number of carbonyl (C=O) groups is 1. The zero-order valence-electron chi connectivity index (χ0n) is 21.5. The summed E-state index contributed by atoms with van der Waals surface area (Å²) >= 11 is 0. The second kappa shape index (κ2) is 10.6. The van der Waals surface area contributed by atoms with E-state index in [0.717, 1.165) is 27.6 Å². The summed E-state index contributed by atoms with van der Waals surface area (Å²) in [4.78, 5) is 31.2. The number of ether oxygens (including phenoxy) is 1. The number of fused-ring (bicyclic) bond motifs is 1. The zero-order chi connectivity index (χ0) is 25.9. The minimum absolute atomic E-state index is 0.141. The van der Waals surface area contributed by atoms with Gasteiger partial charge in [0.1, 0.15) is 6.04 Å². The molecule has 2 aromatic heterocycles. The number of nitrogens with zero attached hydrogens (tertiary/aromatic N) is 5. The Kier molecular flexibility index (Phi) is 7.14. The molecule has 0 amide bonds. The fraction of sp³-hybridized carbons (Fsp3) is 0.393. The molecule has 5 rings (SSSR count). The van der Waals surface area contributed by atoms with Crippen molar-refractivity contribution in [3.05, 3.63) is 87.0 Å². The van der Waals surface area contributed by atoms with Crippen LogP contribution in [0, 0.1) is 19.8 Å². The number of aromatic amines is 1. The number of piperidine rings is 1. The van der Waals surface area contributed by atoms with Gasteiger partial charge in [-0.25, -0.2) is 4.68 Å². The van der Waals surface area contributed by atoms with Gasteiger partial charge < -0.3 is 9.72 Å². The van der Waals surface area contributed by atoms with Crippen LogP contribution in [0.15, 0.2) is 53.3 Å². The monoisotopic (exact) mass is 500 g/mol. The molecule has 2 aromatic carbocycles. The number of likely N-dealkylation sites (tertiary alicyclic amines) is 1. The van der Waals surface area contributed by atoms with Crippen LogP contribution in [0.2, 0.25) is 0 Å². The van der Waals surface area contributed by atoms with Crippen molar-refractivity contribution in [1.29, 1.82) is 0 Å². The van der Waals surface area contributed by atoms with Gasteiger partial charge in [-0.3, -0.25) is 14.5 Å². The standard InChI is InChI=1S/C28H32N6O3/c1-4-37-28(36)21-10-12-33(13-11-21)25(26-30-31-32-34(26)17-20-8-6-5-7-9-20)23-16-22-14-18(2)19(3)15-24(22)29-27(23)35/h5-9,14-16,21,25H,4,10-13,17H2,1-3H3,(H,29,35)/t25-/m0/s1. The summed E-state index contributed by atoms with van der Waals surface area (Å²) in [5, 5.41) is 13.7. The third kappa shape index (κ3) is 5.17. The Morgan fingerprint density at radius 1 is 1.11 bits per heavy atom. The number of esters is 1. The number of aromatic nitrogens is 5. The highest BCUT2D eigenvalue weighted by atomic mass is 16.5. The molecule has 0 saturated carbocycles. The first kappa shape index (κ1) is 24.8. The molecular formula is C28H32N6O3. The number of carbonyl (C=O) groups excluding carboxylic acids is 1. The smallest absolute Gasteiger partial charge is 0.309 e. The Morgan fingerprint density at radius 3 is 2.57 bits per heavy atom. The van der Waals surface area contributed by atoms with E-state index < -0.39 is 6.04 Å². The van der Waals surface area contributed by atoms with Crippen LogP contribution >= 0.6 is 0 Å². The van der Waals surface area contributed by atoms with E-state index in [-0.39, 0.29) is 17.4 Å². The van der Waals surface area contributed by atoms with Gasteiger partial charge in [0.25, 0.3) is 5.56 Å². The molecular weight excluding hydrogens is 468 g/mol. The number of hydrogen-bond acceptors (Lipinski definition) is 7. The van der Waals surface area contributed by atoms with E-state index in [0.29, 0.717) is 50.5 Å². The quantitative estimate of drug-likeness (QED) is 0.387. The Balaban J connectivity index is 1.56. The first-order chi connectivity index (χ1) is 17.9. The van der Waals surface area contributed by atoms with Gasteiger partial charge in [-0.15, -0.1) is 5.10 Å². The topological polar surface area (TPSA) is 106 Å². The van der Waals surface area contributed by atoms with E-state index >= 15 is 0 Å². The van der Waals surface area contributed by atoms with Crippen LogP contribution in [0.1, 0.15) is 53.9 Å². The van der Waals surface area contributed by atoms with Crippen molar-refractivity contribution in [1.82, 2.24) is 30.1 Å². The zero-order valence-corrected chi connectivity index (χ0v) is 21.5. The number of pyridine rings is 1. The van der Waals surface area contributed by atoms with Crippen molar-refractivity contribution in [2.45, 2.75) is 46.2 Å². The number of tetrazole rings is 1. The summed E-state index contributed by atoms with van der Waals surface area (Å²) in [6, 6.07) is 15.6. The summed E-state index contributed by atoms with van der Waals surface area (Å²) in [5.41, 5.74) is 4.58. The van der Waals surface area contributed by atoms with Gasteiger partial charge in [0.2, 0.25) is 0 Å². The highest BCUT2D eigenvalue weighted by molar-refractivity contribution is 5.81. The van der Waals surface area contributed by atoms with E-state index in [1.807, 2.05) is 56.3 Å². The largest absolute Gasteiger partial charge is 0.466 e. The second-order valence-corrected chi connectivity index (χ2v) is 9.72. The molecule has 0 aliphatic carbocycles. The molecule has 0 bridgehead atoms. The molecule has 0 unspecified atom stereocenters. The molecule has 0 spiro atoms. The van der Waals surface area contributed by atoms with Gasteiger partial charge in [0, 0.05) is 24.2 Å². The van der Waals surface area contributed by atoms with Crippen LogP contribution in [-0.4, -0.2) is 55.8 Å². The first-order valence-electron chi connectivity index (χ1n) is 12.8. The molecule has 1 saturated heterocycles. The minimum Gasteiger partial charge on any atom is -0.466 e. The molecule has 37 heavy (non-hydrogen) atoms. The number of aryl methyl sites for hydroxylation is 2. The molecule has 1 aliphatic heterocycles. The predicted molar refractivity (Wildman–Crippen MR) is 140 cm³/mol. The third-order valence-electron chi connectivity index (χ3n) is 7.28. The molecule has 1 N–H and O–H groups in total. The summed E-state index contributed by atoms with van der Waals surface area (Å²) in [7, 11) is 0. The lowest BCUT2D eigenvalue weighted by Gasteiger charge is -2.36. The Labute approximate surface area is 215 Å². The Morgan fingerprint density at radius 2 is 1.84 bits per heavy atom. The van der Waals surface area contributed by atoms with Crippen molar-refractivity contribution in [3.8, 4) is 0 Å². The van der Waals surface area contributed by atoms with Crippen LogP contribution < -0.4 is 5.56 Å². The highest BCUT2D eigenvalue weighted by Gasteiger charge is 2.35. The highest BCUT2D eigenvalue weighted by Crippen LogP contribution is 2.32. The van der Waals surface area contributed by atoms with Crippen molar-refractivity contribution in [2.24, 2.45) is 5.92 Å².